The summed E-state index contributed by atoms with van der Waals surface area (Å²) in [7, 11) is 0. The lowest BCUT2D eigenvalue weighted by atomic mass is 10.1. The van der Waals surface area contributed by atoms with E-state index in [1.165, 1.54) is 12.4 Å². The van der Waals surface area contributed by atoms with Crippen molar-refractivity contribution < 1.29 is 11.6 Å². The van der Waals surface area contributed by atoms with E-state index in [-0.39, 0.29) is 5.91 Å². The molecule has 0 spiro atoms. The Kier molecular flexibility index (Phi) is 4.34. The zero-order valence-corrected chi connectivity index (χ0v) is 18.2. The molecule has 1 amide bonds. The van der Waals surface area contributed by atoms with Crippen LogP contribution in [0.5, 0.6) is 0 Å². The predicted octanol–water partition coefficient (Wildman–Crippen LogP) is 3.42. The van der Waals surface area contributed by atoms with Crippen LogP contribution in [0.3, 0.4) is 0 Å². The number of piperazine rings is 1. The number of likely N-dealkylation sites (N-methyl/N-ethyl adjacent to an activating group) is 1. The van der Waals surface area contributed by atoms with Crippen LogP contribution in [0.2, 0.25) is 0 Å². The Balaban J connectivity index is 1.31. The van der Waals surface area contributed by atoms with Gasteiger partial charge in [-0.05, 0) is 41.7 Å². The fourth-order valence-corrected chi connectivity index (χ4v) is 3.94. The summed E-state index contributed by atoms with van der Waals surface area (Å²) in [6, 6.07) is 10.8. The number of rotatable bonds is 5. The molecule has 33 heavy (non-hydrogen) atoms. The summed E-state index contributed by atoms with van der Waals surface area (Å²) in [6.07, 6.45) is 6.26. The number of hydrogen-bond acceptors (Lipinski definition) is 6. The molecule has 1 aliphatic rings. The molecule has 1 saturated heterocycles. The molecule has 0 atom stereocenters. The van der Waals surface area contributed by atoms with Crippen molar-refractivity contribution in [3.05, 3.63) is 66.7 Å². The lowest BCUT2D eigenvalue weighted by Crippen LogP contribution is -2.46. The van der Waals surface area contributed by atoms with E-state index in [0.29, 0.717) is 48.9 Å². The third-order valence-electron chi connectivity index (χ3n) is 5.81. The molecule has 8 heteroatoms. The smallest absolute Gasteiger partial charge is 0.257 e. The number of amides is 1. The average molecular weight is 447 g/mol. The standard InChI is InChI=1S/C25H27N7O/c1-3-31-8-10-32(11-9-31)24-14-19(6-7-26-24)25(33)29-23-13-21-12-18(4-5-20(21)15-27-23)22-16-28-30(2)17-22/h4-7,12-17H,3,8-11H2,1-2H3,(H,27,29,33)/i2D3,3D2. The molecular formula is C25H27N7O. The van der Waals surface area contributed by atoms with E-state index in [9.17, 15) is 4.79 Å². The number of nitrogens with zero attached hydrogens (tertiary/aromatic N) is 6. The molecule has 4 aromatic rings. The Labute approximate surface area is 199 Å². The number of pyridine rings is 2. The van der Waals surface area contributed by atoms with Gasteiger partial charge in [-0.15, -0.1) is 0 Å². The van der Waals surface area contributed by atoms with E-state index in [1.807, 2.05) is 23.1 Å². The van der Waals surface area contributed by atoms with Gasteiger partial charge in [-0.25, -0.2) is 9.97 Å². The van der Waals surface area contributed by atoms with Crippen LogP contribution in [0.25, 0.3) is 21.9 Å². The van der Waals surface area contributed by atoms with Crippen LogP contribution < -0.4 is 10.2 Å². The Morgan fingerprint density at radius 1 is 1.06 bits per heavy atom. The van der Waals surface area contributed by atoms with Gasteiger partial charge in [0.05, 0.1) is 6.20 Å². The molecule has 3 aromatic heterocycles. The maximum Gasteiger partial charge on any atom is 0.257 e. The molecule has 0 aliphatic carbocycles. The Bertz CT molecular complexity index is 1470. The number of nitrogens with one attached hydrogen (secondary N) is 1. The molecule has 1 N–H and O–H groups in total. The van der Waals surface area contributed by atoms with Gasteiger partial charge >= 0.3 is 0 Å². The monoisotopic (exact) mass is 446 g/mol. The van der Waals surface area contributed by atoms with E-state index in [2.05, 4.69) is 20.4 Å². The van der Waals surface area contributed by atoms with Crippen LogP contribution in [-0.4, -0.2) is 63.2 Å². The van der Waals surface area contributed by atoms with Crippen molar-refractivity contribution in [1.82, 2.24) is 24.6 Å². The zero-order valence-electron chi connectivity index (χ0n) is 23.2. The zero-order chi connectivity index (χ0) is 27.1. The van der Waals surface area contributed by atoms with Gasteiger partial charge in [0.15, 0.2) is 0 Å². The summed E-state index contributed by atoms with van der Waals surface area (Å²) in [6.45, 7) is 0.221. The van der Waals surface area contributed by atoms with Gasteiger partial charge in [-0.2, -0.15) is 5.10 Å². The summed E-state index contributed by atoms with van der Waals surface area (Å²) < 4.78 is 39.3. The third kappa shape index (κ3) is 4.56. The maximum absolute atomic E-state index is 13.0. The van der Waals surface area contributed by atoms with Gasteiger partial charge in [0.1, 0.15) is 11.6 Å². The van der Waals surface area contributed by atoms with Crippen molar-refractivity contribution in [2.45, 2.75) is 6.92 Å². The number of aromatic nitrogens is 4. The topological polar surface area (TPSA) is 79.2 Å². The molecule has 4 heterocycles. The number of aryl methyl sites for hydroxylation is 1. The van der Waals surface area contributed by atoms with E-state index in [1.54, 1.807) is 42.4 Å². The lowest BCUT2D eigenvalue weighted by Gasteiger charge is -2.34. The molecule has 0 radical (unpaired) electrons. The quantitative estimate of drug-likeness (QED) is 0.506. The van der Waals surface area contributed by atoms with Crippen molar-refractivity contribution in [3.8, 4) is 11.1 Å². The number of hydrogen-bond donors (Lipinski definition) is 1. The molecule has 1 fully saturated rings. The predicted molar refractivity (Wildman–Crippen MR) is 130 cm³/mol. The molecule has 0 unspecified atom stereocenters. The summed E-state index contributed by atoms with van der Waals surface area (Å²) >= 11 is 0. The molecule has 5 rings (SSSR count). The van der Waals surface area contributed by atoms with Crippen molar-refractivity contribution in [1.29, 1.82) is 0 Å². The highest BCUT2D eigenvalue weighted by Crippen LogP contribution is 2.25. The summed E-state index contributed by atoms with van der Waals surface area (Å²) in [5.41, 5.74) is 1.91. The fraction of sp³-hybridized carbons (Fsp3) is 0.280. The maximum atomic E-state index is 13.0. The SMILES string of the molecule is [2H]C([2H])(C)N1CCN(c2cc(C(=O)Nc3cc4cc(-c5cnn(C([2H])([2H])[2H])c5)ccc4cn3)ccn2)CC1. The number of carbonyl (C=O) groups is 1. The third-order valence-corrected chi connectivity index (χ3v) is 5.81. The largest absolute Gasteiger partial charge is 0.354 e. The summed E-state index contributed by atoms with van der Waals surface area (Å²) in [4.78, 5) is 25.6. The Morgan fingerprint density at radius 3 is 2.73 bits per heavy atom. The Morgan fingerprint density at radius 2 is 1.94 bits per heavy atom. The molecule has 8 nitrogen and oxygen atoms in total. The normalized spacial score (nSPS) is 17.6. The first-order valence-corrected chi connectivity index (χ1v) is 10.7. The molecule has 0 bridgehead atoms. The van der Waals surface area contributed by atoms with Gasteiger partial charge in [0, 0.05) is 75.1 Å². The van der Waals surface area contributed by atoms with Crippen LogP contribution in [0.1, 0.15) is 24.1 Å². The van der Waals surface area contributed by atoms with Gasteiger partial charge in [-0.3, -0.25) is 9.48 Å². The van der Waals surface area contributed by atoms with Crippen LogP contribution in [0.4, 0.5) is 11.6 Å². The van der Waals surface area contributed by atoms with E-state index in [4.69, 9.17) is 6.85 Å². The number of fused-ring (bicyclic) bond motifs is 1. The highest BCUT2D eigenvalue weighted by molar-refractivity contribution is 6.05. The first-order valence-electron chi connectivity index (χ1n) is 13.2. The van der Waals surface area contributed by atoms with E-state index in [0.717, 1.165) is 21.0 Å². The molecular weight excluding hydrogens is 414 g/mol. The van der Waals surface area contributed by atoms with Crippen LogP contribution in [-0.2, 0) is 6.98 Å². The number of carbonyl (C=O) groups excluding carboxylic acids is 1. The summed E-state index contributed by atoms with van der Waals surface area (Å²) in [5, 5.41) is 8.50. The molecule has 0 saturated carbocycles. The van der Waals surface area contributed by atoms with Crippen LogP contribution in [0.15, 0.2) is 61.2 Å². The Hall–Kier alpha value is -3.78. The van der Waals surface area contributed by atoms with Crippen LogP contribution in [0, 0.1) is 0 Å². The molecule has 1 aliphatic heterocycles. The first-order chi connectivity index (χ1) is 18.0. The van der Waals surface area contributed by atoms with Crippen molar-refractivity contribution in [2.75, 3.05) is 42.9 Å². The minimum absolute atomic E-state index is 0.320. The van der Waals surface area contributed by atoms with Crippen molar-refractivity contribution in [2.24, 2.45) is 6.98 Å². The van der Waals surface area contributed by atoms with Crippen molar-refractivity contribution in [3.63, 3.8) is 0 Å². The summed E-state index contributed by atoms with van der Waals surface area (Å²) in [5.74, 6) is 0.733. The fourth-order valence-electron chi connectivity index (χ4n) is 3.94. The highest BCUT2D eigenvalue weighted by atomic mass is 16.1. The number of benzene rings is 1. The minimum atomic E-state index is -2.34. The second-order valence-electron chi connectivity index (χ2n) is 7.86. The first kappa shape index (κ1) is 15.9. The van der Waals surface area contributed by atoms with E-state index >= 15 is 0 Å². The van der Waals surface area contributed by atoms with Gasteiger partial charge < -0.3 is 15.1 Å². The van der Waals surface area contributed by atoms with Gasteiger partial charge in [0.25, 0.3) is 5.91 Å². The van der Waals surface area contributed by atoms with Crippen LogP contribution >= 0.6 is 0 Å². The molecule has 1 aromatic carbocycles. The van der Waals surface area contributed by atoms with Crippen molar-refractivity contribution >= 4 is 28.3 Å². The van der Waals surface area contributed by atoms with Gasteiger partial charge in [0.2, 0.25) is 0 Å². The van der Waals surface area contributed by atoms with E-state index < -0.39 is 13.5 Å². The molecule has 168 valence electrons. The lowest BCUT2D eigenvalue weighted by molar-refractivity contribution is 0.102. The average Bonchev–Trinajstić information content (AvgIpc) is 3.39. The second-order valence-corrected chi connectivity index (χ2v) is 7.86. The highest BCUT2D eigenvalue weighted by Gasteiger charge is 2.18. The number of anilines is 2. The minimum Gasteiger partial charge on any atom is -0.354 e. The second kappa shape index (κ2) is 8.99. The van der Waals surface area contributed by atoms with Gasteiger partial charge in [-0.1, -0.05) is 19.1 Å².